The maximum absolute atomic E-state index is 4.31. The Kier molecular flexibility index (Phi) is 2.95. The molecule has 23 heavy (non-hydrogen) atoms. The highest BCUT2D eigenvalue weighted by atomic mass is 14.6. The molecule has 4 bridgehead atoms. The van der Waals surface area contributed by atoms with Gasteiger partial charge in [0.05, 0.1) is 0 Å². The van der Waals surface area contributed by atoms with Crippen molar-refractivity contribution >= 4 is 0 Å². The number of aromatic nitrogens is 1. The van der Waals surface area contributed by atoms with Crippen molar-refractivity contribution in [3.05, 3.63) is 53.9 Å². The van der Waals surface area contributed by atoms with Gasteiger partial charge in [-0.2, -0.15) is 0 Å². The van der Waals surface area contributed by atoms with Crippen LogP contribution in [0.2, 0.25) is 0 Å². The number of rotatable bonds is 2. The van der Waals surface area contributed by atoms with Gasteiger partial charge in [0.2, 0.25) is 0 Å². The second-order valence-electron chi connectivity index (χ2n) is 8.53. The molecule has 6 rings (SSSR count). The zero-order valence-corrected chi connectivity index (χ0v) is 14.0. The minimum Gasteiger partial charge on any atom is -0.264 e. The third kappa shape index (κ3) is 2.24. The van der Waals surface area contributed by atoms with E-state index in [9.17, 15) is 0 Å². The fraction of sp³-hybridized carbons (Fsp3) is 0.500. The van der Waals surface area contributed by atoms with E-state index in [2.05, 4.69) is 36.2 Å². The molecule has 0 unspecified atom stereocenters. The summed E-state index contributed by atoms with van der Waals surface area (Å²) in [6.07, 6.45) is 12.7. The molecule has 1 aromatic heterocycles. The Balaban J connectivity index is 1.60. The molecule has 1 aromatic carbocycles. The molecule has 0 atom stereocenters. The molecule has 1 nitrogen and oxygen atoms in total. The second kappa shape index (κ2) is 4.93. The molecule has 0 amide bonds. The van der Waals surface area contributed by atoms with Crippen molar-refractivity contribution in [3.8, 4) is 11.1 Å². The SMILES string of the molecule is Cc1cc(-c2cccnc2)cc(C23CC4CC(CC(C4)C2)C3)c1. The van der Waals surface area contributed by atoms with Gasteiger partial charge in [0.25, 0.3) is 0 Å². The molecule has 0 aliphatic heterocycles. The van der Waals surface area contributed by atoms with Gasteiger partial charge in [-0.25, -0.2) is 0 Å². The quantitative estimate of drug-likeness (QED) is 0.711. The van der Waals surface area contributed by atoms with Crippen molar-refractivity contribution in [3.63, 3.8) is 0 Å². The van der Waals surface area contributed by atoms with Gasteiger partial charge in [0.1, 0.15) is 0 Å². The molecular weight excluding hydrogens is 278 g/mol. The van der Waals surface area contributed by atoms with E-state index in [-0.39, 0.29) is 0 Å². The van der Waals surface area contributed by atoms with Crippen LogP contribution in [-0.2, 0) is 5.41 Å². The van der Waals surface area contributed by atoms with Gasteiger partial charge in [-0.1, -0.05) is 29.8 Å². The highest BCUT2D eigenvalue weighted by molar-refractivity contribution is 5.64. The molecule has 0 N–H and O–H groups in total. The minimum absolute atomic E-state index is 0.484. The van der Waals surface area contributed by atoms with E-state index in [1.807, 2.05) is 18.5 Å². The normalized spacial score (nSPS) is 34.7. The van der Waals surface area contributed by atoms with E-state index in [0.717, 1.165) is 17.8 Å². The van der Waals surface area contributed by atoms with Crippen LogP contribution < -0.4 is 0 Å². The van der Waals surface area contributed by atoms with Crippen molar-refractivity contribution in [1.82, 2.24) is 4.98 Å². The van der Waals surface area contributed by atoms with E-state index >= 15 is 0 Å². The van der Waals surface area contributed by atoms with Crippen LogP contribution in [0.4, 0.5) is 0 Å². The molecule has 4 saturated carbocycles. The van der Waals surface area contributed by atoms with Crippen LogP contribution in [0.1, 0.15) is 49.7 Å². The smallest absolute Gasteiger partial charge is 0.0346 e. The fourth-order valence-corrected chi connectivity index (χ4v) is 6.25. The standard InChI is InChI=1S/C22H25N/c1-15-5-20(19-3-2-4-23-14-19)10-21(6-15)22-11-16-7-17(12-22)9-18(8-16)13-22/h2-6,10,14,16-18H,7-9,11-13H2,1H3. The maximum Gasteiger partial charge on any atom is 0.0346 e. The van der Waals surface area contributed by atoms with Gasteiger partial charge < -0.3 is 0 Å². The lowest BCUT2D eigenvalue weighted by Gasteiger charge is -2.57. The van der Waals surface area contributed by atoms with E-state index in [1.54, 1.807) is 5.56 Å². The zero-order valence-electron chi connectivity index (χ0n) is 14.0. The van der Waals surface area contributed by atoms with Crippen LogP contribution in [0.25, 0.3) is 11.1 Å². The Morgan fingerprint density at radius 1 is 0.913 bits per heavy atom. The van der Waals surface area contributed by atoms with Crippen molar-refractivity contribution in [1.29, 1.82) is 0 Å². The third-order valence-electron chi connectivity index (χ3n) is 6.72. The van der Waals surface area contributed by atoms with Crippen molar-refractivity contribution in [2.75, 3.05) is 0 Å². The zero-order chi connectivity index (χ0) is 15.4. The molecule has 4 aliphatic rings. The second-order valence-corrected chi connectivity index (χ2v) is 8.53. The van der Waals surface area contributed by atoms with Crippen molar-refractivity contribution in [2.45, 2.75) is 50.9 Å². The van der Waals surface area contributed by atoms with E-state index in [1.165, 1.54) is 55.2 Å². The lowest BCUT2D eigenvalue weighted by Crippen LogP contribution is -2.48. The van der Waals surface area contributed by atoms with Crippen molar-refractivity contribution < 1.29 is 0 Å². The summed E-state index contributed by atoms with van der Waals surface area (Å²) >= 11 is 0. The summed E-state index contributed by atoms with van der Waals surface area (Å²) in [6, 6.07) is 11.5. The summed E-state index contributed by atoms with van der Waals surface area (Å²) in [7, 11) is 0. The first-order valence-electron chi connectivity index (χ1n) is 9.23. The van der Waals surface area contributed by atoms with Gasteiger partial charge in [0, 0.05) is 18.0 Å². The number of pyridine rings is 1. The predicted molar refractivity (Wildman–Crippen MR) is 94.3 cm³/mol. The van der Waals surface area contributed by atoms with Gasteiger partial charge in [-0.15, -0.1) is 0 Å². The van der Waals surface area contributed by atoms with Crippen molar-refractivity contribution in [2.24, 2.45) is 17.8 Å². The molecule has 0 saturated heterocycles. The molecule has 0 spiro atoms. The molecule has 1 heterocycles. The first kappa shape index (κ1) is 13.8. The monoisotopic (exact) mass is 303 g/mol. The largest absolute Gasteiger partial charge is 0.264 e. The summed E-state index contributed by atoms with van der Waals surface area (Å²) in [5, 5.41) is 0. The number of aryl methyl sites for hydroxylation is 1. The van der Waals surface area contributed by atoms with Crippen LogP contribution in [0.3, 0.4) is 0 Å². The van der Waals surface area contributed by atoms with Gasteiger partial charge in [-0.05, 0) is 85.8 Å². The molecule has 4 fully saturated rings. The first-order valence-corrected chi connectivity index (χ1v) is 9.23. The molecule has 1 heteroatoms. The predicted octanol–water partition coefficient (Wildman–Crippen LogP) is 5.52. The molecule has 0 radical (unpaired) electrons. The van der Waals surface area contributed by atoms with Gasteiger partial charge >= 0.3 is 0 Å². The average Bonchev–Trinajstić information content (AvgIpc) is 2.54. The van der Waals surface area contributed by atoms with Crippen LogP contribution in [0.15, 0.2) is 42.7 Å². The Morgan fingerprint density at radius 3 is 2.22 bits per heavy atom. The van der Waals surface area contributed by atoms with Crippen LogP contribution in [-0.4, -0.2) is 4.98 Å². The highest BCUT2D eigenvalue weighted by Crippen LogP contribution is 2.60. The summed E-state index contributed by atoms with van der Waals surface area (Å²) in [4.78, 5) is 4.31. The number of nitrogens with zero attached hydrogens (tertiary/aromatic N) is 1. The fourth-order valence-electron chi connectivity index (χ4n) is 6.25. The van der Waals surface area contributed by atoms with Gasteiger partial charge in [-0.3, -0.25) is 4.98 Å². The Labute approximate surface area is 139 Å². The average molecular weight is 303 g/mol. The third-order valence-corrected chi connectivity index (χ3v) is 6.72. The number of benzene rings is 1. The molecule has 2 aromatic rings. The summed E-state index contributed by atoms with van der Waals surface area (Å²) in [5.41, 5.74) is 6.11. The van der Waals surface area contributed by atoms with Crippen LogP contribution >= 0.6 is 0 Å². The lowest BCUT2D eigenvalue weighted by molar-refractivity contribution is -0.00519. The lowest BCUT2D eigenvalue weighted by atomic mass is 9.48. The van der Waals surface area contributed by atoms with Crippen LogP contribution in [0.5, 0.6) is 0 Å². The van der Waals surface area contributed by atoms with E-state index in [4.69, 9.17) is 0 Å². The highest BCUT2D eigenvalue weighted by Gasteiger charge is 2.51. The van der Waals surface area contributed by atoms with E-state index < -0.39 is 0 Å². The summed E-state index contributed by atoms with van der Waals surface area (Å²) in [6.45, 7) is 2.25. The Hall–Kier alpha value is -1.63. The van der Waals surface area contributed by atoms with Gasteiger partial charge in [0.15, 0.2) is 0 Å². The number of hydrogen-bond donors (Lipinski definition) is 0. The summed E-state index contributed by atoms with van der Waals surface area (Å²) < 4.78 is 0. The van der Waals surface area contributed by atoms with Crippen LogP contribution in [0, 0.1) is 24.7 Å². The maximum atomic E-state index is 4.31. The first-order chi connectivity index (χ1) is 11.2. The van der Waals surface area contributed by atoms with E-state index in [0.29, 0.717) is 5.41 Å². The molecule has 118 valence electrons. The topological polar surface area (TPSA) is 12.9 Å². The Bertz CT molecular complexity index is 696. The summed E-state index contributed by atoms with van der Waals surface area (Å²) in [5.74, 6) is 3.01. The molecular formula is C22H25N. The minimum atomic E-state index is 0.484. The Morgan fingerprint density at radius 2 is 1.61 bits per heavy atom. The molecule has 4 aliphatic carbocycles. The number of hydrogen-bond acceptors (Lipinski definition) is 1.